The van der Waals surface area contributed by atoms with Gasteiger partial charge in [0.05, 0.1) is 12.2 Å². The van der Waals surface area contributed by atoms with E-state index in [9.17, 15) is 4.79 Å². The summed E-state index contributed by atoms with van der Waals surface area (Å²) < 4.78 is 7.40. The fraction of sp³-hybridized carbons (Fsp3) is 0.500. The number of carbonyl (C=O) groups is 1. The van der Waals surface area contributed by atoms with Crippen molar-refractivity contribution in [2.24, 2.45) is 0 Å². The third kappa shape index (κ3) is 4.00. The Kier molecular flexibility index (Phi) is 5.59. The summed E-state index contributed by atoms with van der Waals surface area (Å²) in [4.78, 5) is 23.1. The number of hydrogen-bond acceptors (Lipinski definition) is 4. The maximum atomic E-state index is 12.2. The molecule has 2 aromatic heterocycles. The number of carbonyl (C=O) groups excluding carboxylic acids is 1. The van der Waals surface area contributed by atoms with Gasteiger partial charge in [-0.3, -0.25) is 9.78 Å². The van der Waals surface area contributed by atoms with Crippen LogP contribution < -0.4 is 0 Å². The average Bonchev–Trinajstić information content (AvgIpc) is 3.09. The molecule has 3 rings (SSSR count). The van der Waals surface area contributed by atoms with E-state index in [-0.39, 0.29) is 18.4 Å². The van der Waals surface area contributed by atoms with Gasteiger partial charge in [0, 0.05) is 44.2 Å². The molecule has 0 radical (unpaired) electrons. The van der Waals surface area contributed by atoms with Crippen LogP contribution in [0.25, 0.3) is 0 Å². The third-order valence-corrected chi connectivity index (χ3v) is 4.38. The van der Waals surface area contributed by atoms with Crippen LogP contribution >= 0.6 is 0 Å². The van der Waals surface area contributed by atoms with Crippen molar-refractivity contribution in [2.45, 2.75) is 32.2 Å². The second kappa shape index (κ2) is 8.06. The Bertz CT molecular complexity index is 656. The number of imidazole rings is 1. The van der Waals surface area contributed by atoms with E-state index < -0.39 is 0 Å². The van der Waals surface area contributed by atoms with Gasteiger partial charge in [-0.1, -0.05) is 6.07 Å². The monoisotopic (exact) mass is 328 g/mol. The topological polar surface area (TPSA) is 60.2 Å². The number of amides is 1. The number of ether oxygens (including phenoxy) is 1. The van der Waals surface area contributed by atoms with E-state index in [4.69, 9.17) is 4.74 Å². The van der Waals surface area contributed by atoms with Gasteiger partial charge < -0.3 is 14.2 Å². The highest BCUT2D eigenvalue weighted by Crippen LogP contribution is 2.26. The molecule has 3 heterocycles. The standard InChI is InChI=1S/C18H24N4O2/c1-2-24-14-17(23)21-10-5-6-15(12-21)18-20-9-11-22(18)13-16-7-3-4-8-19-16/h3-4,7-9,11,15H,2,5-6,10,12-14H2,1H3. The van der Waals surface area contributed by atoms with Crippen molar-refractivity contribution < 1.29 is 9.53 Å². The lowest BCUT2D eigenvalue weighted by atomic mass is 9.97. The van der Waals surface area contributed by atoms with Crippen molar-refractivity contribution in [3.63, 3.8) is 0 Å². The summed E-state index contributed by atoms with van der Waals surface area (Å²) in [5.41, 5.74) is 1.01. The summed E-state index contributed by atoms with van der Waals surface area (Å²) in [6, 6.07) is 5.93. The summed E-state index contributed by atoms with van der Waals surface area (Å²) in [6.45, 7) is 4.87. The lowest BCUT2D eigenvalue weighted by molar-refractivity contribution is -0.137. The minimum atomic E-state index is 0.0735. The van der Waals surface area contributed by atoms with Gasteiger partial charge in [-0.2, -0.15) is 0 Å². The maximum absolute atomic E-state index is 12.2. The average molecular weight is 328 g/mol. The number of aromatic nitrogens is 3. The zero-order valence-corrected chi connectivity index (χ0v) is 14.1. The molecule has 2 aromatic rings. The summed E-state index contributed by atoms with van der Waals surface area (Å²) in [5.74, 6) is 1.38. The number of pyridine rings is 1. The molecule has 1 fully saturated rings. The quantitative estimate of drug-likeness (QED) is 0.814. The first-order valence-corrected chi connectivity index (χ1v) is 8.54. The SMILES string of the molecule is CCOCC(=O)N1CCCC(c2nccn2Cc2ccccn2)C1. The minimum Gasteiger partial charge on any atom is -0.372 e. The van der Waals surface area contributed by atoms with Gasteiger partial charge >= 0.3 is 0 Å². The Morgan fingerprint density at radius 2 is 2.25 bits per heavy atom. The highest BCUT2D eigenvalue weighted by Gasteiger charge is 2.27. The number of nitrogens with zero attached hydrogens (tertiary/aromatic N) is 4. The Labute approximate surface area is 142 Å². The zero-order chi connectivity index (χ0) is 16.8. The summed E-state index contributed by atoms with van der Waals surface area (Å²) in [6.07, 6.45) is 7.68. The summed E-state index contributed by atoms with van der Waals surface area (Å²) >= 11 is 0. The van der Waals surface area contributed by atoms with Gasteiger partial charge in [-0.15, -0.1) is 0 Å². The molecule has 0 N–H and O–H groups in total. The molecule has 1 atom stereocenters. The van der Waals surface area contributed by atoms with Crippen LogP contribution in [0.5, 0.6) is 0 Å². The van der Waals surface area contributed by atoms with Crippen LogP contribution in [0.3, 0.4) is 0 Å². The lowest BCUT2D eigenvalue weighted by Crippen LogP contribution is -2.41. The molecule has 0 aliphatic carbocycles. The molecule has 0 saturated carbocycles. The normalized spacial score (nSPS) is 17.9. The molecule has 1 saturated heterocycles. The molecule has 0 bridgehead atoms. The highest BCUT2D eigenvalue weighted by atomic mass is 16.5. The van der Waals surface area contributed by atoms with E-state index in [1.54, 1.807) is 6.20 Å². The van der Waals surface area contributed by atoms with Gasteiger partial charge in [0.15, 0.2) is 0 Å². The van der Waals surface area contributed by atoms with Gasteiger partial charge in [-0.25, -0.2) is 4.98 Å². The Morgan fingerprint density at radius 1 is 1.33 bits per heavy atom. The first kappa shape index (κ1) is 16.6. The molecule has 0 aromatic carbocycles. The van der Waals surface area contributed by atoms with Gasteiger partial charge in [0.1, 0.15) is 12.4 Å². The van der Waals surface area contributed by atoms with E-state index in [1.165, 1.54) is 0 Å². The zero-order valence-electron chi connectivity index (χ0n) is 14.1. The predicted octanol–water partition coefficient (Wildman–Crippen LogP) is 2.07. The number of likely N-dealkylation sites (tertiary alicyclic amines) is 1. The van der Waals surface area contributed by atoms with Crippen LogP contribution in [0.4, 0.5) is 0 Å². The molecule has 1 aliphatic rings. The molecule has 6 heteroatoms. The highest BCUT2D eigenvalue weighted by molar-refractivity contribution is 5.77. The van der Waals surface area contributed by atoms with Crippen LogP contribution in [0.2, 0.25) is 0 Å². The van der Waals surface area contributed by atoms with Crippen molar-refractivity contribution in [3.05, 3.63) is 48.3 Å². The van der Waals surface area contributed by atoms with E-state index >= 15 is 0 Å². The van der Waals surface area contributed by atoms with Crippen molar-refractivity contribution >= 4 is 5.91 Å². The second-order valence-corrected chi connectivity index (χ2v) is 6.05. The van der Waals surface area contributed by atoms with Crippen LogP contribution in [-0.4, -0.2) is 51.6 Å². The Morgan fingerprint density at radius 3 is 3.04 bits per heavy atom. The van der Waals surface area contributed by atoms with Crippen molar-refractivity contribution in [1.29, 1.82) is 0 Å². The third-order valence-electron chi connectivity index (χ3n) is 4.38. The molecule has 128 valence electrons. The fourth-order valence-corrected chi connectivity index (χ4v) is 3.18. The molecule has 1 unspecified atom stereocenters. The smallest absolute Gasteiger partial charge is 0.248 e. The number of hydrogen-bond donors (Lipinski definition) is 0. The molecule has 0 spiro atoms. The maximum Gasteiger partial charge on any atom is 0.248 e. The van der Waals surface area contributed by atoms with Crippen molar-refractivity contribution in [3.8, 4) is 0 Å². The first-order chi connectivity index (χ1) is 11.8. The van der Waals surface area contributed by atoms with E-state index in [0.29, 0.717) is 19.7 Å². The van der Waals surface area contributed by atoms with E-state index in [1.807, 2.05) is 42.4 Å². The summed E-state index contributed by atoms with van der Waals surface area (Å²) in [7, 11) is 0. The lowest BCUT2D eigenvalue weighted by Gasteiger charge is -2.32. The second-order valence-electron chi connectivity index (χ2n) is 6.05. The van der Waals surface area contributed by atoms with Gasteiger partial charge in [-0.05, 0) is 31.9 Å². The Hall–Kier alpha value is -2.21. The minimum absolute atomic E-state index is 0.0735. The number of piperidine rings is 1. The van der Waals surface area contributed by atoms with Crippen molar-refractivity contribution in [1.82, 2.24) is 19.4 Å². The van der Waals surface area contributed by atoms with Crippen molar-refractivity contribution in [2.75, 3.05) is 26.3 Å². The number of rotatable bonds is 6. The first-order valence-electron chi connectivity index (χ1n) is 8.54. The summed E-state index contributed by atoms with van der Waals surface area (Å²) in [5, 5.41) is 0. The molecule has 6 nitrogen and oxygen atoms in total. The fourth-order valence-electron chi connectivity index (χ4n) is 3.18. The van der Waals surface area contributed by atoms with Crippen LogP contribution in [0, 0.1) is 0 Å². The largest absolute Gasteiger partial charge is 0.372 e. The molecule has 1 amide bonds. The predicted molar refractivity (Wildman–Crippen MR) is 90.6 cm³/mol. The van der Waals surface area contributed by atoms with Crippen LogP contribution in [-0.2, 0) is 16.1 Å². The molecular formula is C18H24N4O2. The van der Waals surface area contributed by atoms with Gasteiger partial charge in [0.25, 0.3) is 0 Å². The van der Waals surface area contributed by atoms with Crippen LogP contribution in [0.1, 0.15) is 37.2 Å². The Balaban J connectivity index is 1.68. The van der Waals surface area contributed by atoms with Gasteiger partial charge in [0.2, 0.25) is 5.91 Å². The van der Waals surface area contributed by atoms with E-state index in [2.05, 4.69) is 14.5 Å². The van der Waals surface area contributed by atoms with E-state index in [0.717, 1.165) is 30.9 Å². The molecule has 24 heavy (non-hydrogen) atoms. The molecular weight excluding hydrogens is 304 g/mol. The molecule has 1 aliphatic heterocycles. The van der Waals surface area contributed by atoms with Crippen LogP contribution in [0.15, 0.2) is 36.8 Å².